The molecule has 1 amide bonds. The number of carbonyl (C=O) groups excluding carboxylic acids is 1. The topological polar surface area (TPSA) is 63.2 Å². The number of fused-ring (bicyclic) bond motifs is 1. The van der Waals surface area contributed by atoms with Crippen molar-refractivity contribution in [2.75, 3.05) is 17.7 Å². The van der Waals surface area contributed by atoms with Crippen LogP contribution in [0.3, 0.4) is 0 Å². The second-order valence-electron chi connectivity index (χ2n) is 5.61. The van der Waals surface area contributed by atoms with Gasteiger partial charge in [-0.05, 0) is 24.8 Å². The van der Waals surface area contributed by atoms with Crippen LogP contribution in [0.1, 0.15) is 32.6 Å². The van der Waals surface area contributed by atoms with Crippen LogP contribution in [-0.2, 0) is 4.79 Å². The van der Waals surface area contributed by atoms with Crippen molar-refractivity contribution in [3.63, 3.8) is 0 Å². The summed E-state index contributed by atoms with van der Waals surface area (Å²) in [6, 6.07) is 3.58. The van der Waals surface area contributed by atoms with E-state index in [4.69, 9.17) is 4.74 Å². The van der Waals surface area contributed by atoms with Crippen molar-refractivity contribution in [2.45, 2.75) is 38.1 Å². The molecule has 2 aliphatic rings. The Balaban J connectivity index is 1.95. The van der Waals surface area contributed by atoms with E-state index in [1.165, 1.54) is 6.42 Å². The van der Waals surface area contributed by atoms with Gasteiger partial charge in [0.05, 0.1) is 12.8 Å². The average molecular weight is 261 g/mol. The van der Waals surface area contributed by atoms with Crippen LogP contribution < -0.4 is 15.4 Å². The Labute approximate surface area is 112 Å². The predicted octanol–water partition coefficient (Wildman–Crippen LogP) is 2.40. The van der Waals surface area contributed by atoms with Gasteiger partial charge in [-0.1, -0.05) is 19.8 Å². The molecule has 0 bridgehead atoms. The number of ether oxygens (including phenoxy) is 1. The number of hydrogen-bond acceptors (Lipinski definition) is 4. The van der Waals surface area contributed by atoms with E-state index in [9.17, 15) is 4.79 Å². The van der Waals surface area contributed by atoms with Crippen molar-refractivity contribution in [3.8, 4) is 5.88 Å². The number of nitrogens with zero attached hydrogens (tertiary/aromatic N) is 1. The van der Waals surface area contributed by atoms with Crippen molar-refractivity contribution in [1.29, 1.82) is 0 Å². The molecule has 1 fully saturated rings. The maximum absolute atomic E-state index is 12.4. The van der Waals surface area contributed by atoms with E-state index in [-0.39, 0.29) is 5.91 Å². The molecule has 2 unspecified atom stereocenters. The molecule has 1 aromatic rings. The first-order valence-corrected chi connectivity index (χ1v) is 6.78. The van der Waals surface area contributed by atoms with Gasteiger partial charge in [-0.3, -0.25) is 4.79 Å². The minimum atomic E-state index is -0.496. The summed E-state index contributed by atoms with van der Waals surface area (Å²) in [5.74, 6) is 1.90. The summed E-state index contributed by atoms with van der Waals surface area (Å²) in [6.07, 6.45) is 3.98. The second kappa shape index (κ2) is 4.40. The number of aromatic nitrogens is 1. The predicted molar refractivity (Wildman–Crippen MR) is 73.4 cm³/mol. The summed E-state index contributed by atoms with van der Waals surface area (Å²) in [5.41, 5.74) is 0.235. The number of rotatable bonds is 1. The van der Waals surface area contributed by atoms with Gasteiger partial charge in [-0.2, -0.15) is 4.98 Å². The summed E-state index contributed by atoms with van der Waals surface area (Å²) < 4.78 is 5.14. The lowest BCUT2D eigenvalue weighted by Crippen LogP contribution is -2.55. The quantitative estimate of drug-likeness (QED) is 0.815. The van der Waals surface area contributed by atoms with E-state index in [1.54, 1.807) is 13.2 Å². The van der Waals surface area contributed by atoms with E-state index in [1.807, 2.05) is 6.07 Å². The number of hydrogen-bond donors (Lipinski definition) is 2. The van der Waals surface area contributed by atoms with Crippen LogP contribution in [-0.4, -0.2) is 23.5 Å². The number of amides is 1. The van der Waals surface area contributed by atoms with Gasteiger partial charge >= 0.3 is 0 Å². The highest BCUT2D eigenvalue weighted by Crippen LogP contribution is 2.40. The van der Waals surface area contributed by atoms with Gasteiger partial charge in [0.1, 0.15) is 5.54 Å². The van der Waals surface area contributed by atoms with Crippen LogP contribution in [0.15, 0.2) is 12.1 Å². The highest BCUT2D eigenvalue weighted by Gasteiger charge is 2.45. The van der Waals surface area contributed by atoms with Gasteiger partial charge < -0.3 is 15.4 Å². The minimum Gasteiger partial charge on any atom is -0.481 e. The number of anilines is 2. The standard InChI is InChI=1S/C14H19N3O2/c1-9-4-3-7-14(8-9)13(18)15-10-5-6-11(19-2)16-12(10)17-14/h5-6,9H,3-4,7-8H2,1-2H3,(H,15,18)(H,16,17). The van der Waals surface area contributed by atoms with Crippen molar-refractivity contribution < 1.29 is 9.53 Å². The molecule has 1 aromatic heterocycles. The van der Waals surface area contributed by atoms with Crippen LogP contribution >= 0.6 is 0 Å². The number of carbonyl (C=O) groups is 1. The largest absolute Gasteiger partial charge is 0.481 e. The Morgan fingerprint density at radius 2 is 2.32 bits per heavy atom. The summed E-state index contributed by atoms with van der Waals surface area (Å²) in [4.78, 5) is 16.8. The molecule has 5 heteroatoms. The molecular weight excluding hydrogens is 242 g/mol. The first-order chi connectivity index (χ1) is 9.13. The molecule has 0 aromatic carbocycles. The van der Waals surface area contributed by atoms with Crippen LogP contribution in [0.4, 0.5) is 11.5 Å². The highest BCUT2D eigenvalue weighted by atomic mass is 16.5. The third kappa shape index (κ3) is 2.03. The lowest BCUT2D eigenvalue weighted by Gasteiger charge is -2.42. The summed E-state index contributed by atoms with van der Waals surface area (Å²) >= 11 is 0. The minimum absolute atomic E-state index is 0.0681. The Morgan fingerprint density at radius 1 is 1.47 bits per heavy atom. The molecule has 0 saturated heterocycles. The maximum Gasteiger partial charge on any atom is 0.250 e. The summed E-state index contributed by atoms with van der Waals surface area (Å²) in [7, 11) is 1.59. The van der Waals surface area contributed by atoms with Gasteiger partial charge in [-0.25, -0.2) is 0 Å². The van der Waals surface area contributed by atoms with Gasteiger partial charge in [0.15, 0.2) is 5.82 Å². The highest BCUT2D eigenvalue weighted by molar-refractivity contribution is 6.05. The van der Waals surface area contributed by atoms with Crippen LogP contribution in [0.25, 0.3) is 0 Å². The maximum atomic E-state index is 12.4. The van der Waals surface area contributed by atoms with Crippen LogP contribution in [0, 0.1) is 5.92 Å². The zero-order valence-corrected chi connectivity index (χ0v) is 11.3. The van der Waals surface area contributed by atoms with E-state index >= 15 is 0 Å². The van der Waals surface area contributed by atoms with E-state index in [2.05, 4.69) is 22.5 Å². The van der Waals surface area contributed by atoms with Crippen molar-refractivity contribution in [1.82, 2.24) is 4.98 Å². The molecule has 1 saturated carbocycles. The monoisotopic (exact) mass is 261 g/mol. The zero-order chi connectivity index (χ0) is 13.5. The second-order valence-corrected chi connectivity index (χ2v) is 5.61. The van der Waals surface area contributed by atoms with Gasteiger partial charge in [-0.15, -0.1) is 0 Å². The molecule has 5 nitrogen and oxygen atoms in total. The van der Waals surface area contributed by atoms with Gasteiger partial charge in [0.25, 0.3) is 0 Å². The summed E-state index contributed by atoms with van der Waals surface area (Å²) in [5, 5.41) is 6.34. The van der Waals surface area contributed by atoms with Crippen molar-refractivity contribution >= 4 is 17.4 Å². The fraction of sp³-hybridized carbons (Fsp3) is 0.571. The first-order valence-electron chi connectivity index (χ1n) is 6.78. The Hall–Kier alpha value is -1.78. The Kier molecular flexibility index (Phi) is 2.84. The molecule has 1 aliphatic carbocycles. The third-order valence-electron chi connectivity index (χ3n) is 4.12. The van der Waals surface area contributed by atoms with Crippen molar-refractivity contribution in [3.05, 3.63) is 12.1 Å². The molecule has 2 N–H and O–H groups in total. The zero-order valence-electron chi connectivity index (χ0n) is 11.3. The van der Waals surface area contributed by atoms with Gasteiger partial charge in [0, 0.05) is 6.07 Å². The van der Waals surface area contributed by atoms with Crippen LogP contribution in [0.2, 0.25) is 0 Å². The molecule has 0 radical (unpaired) electrons. The van der Waals surface area contributed by atoms with Crippen LogP contribution in [0.5, 0.6) is 5.88 Å². The van der Waals surface area contributed by atoms with Crippen molar-refractivity contribution in [2.24, 2.45) is 5.92 Å². The SMILES string of the molecule is COc1ccc2c(n1)NC1(CCCC(C)C1)C(=O)N2. The number of nitrogens with one attached hydrogen (secondary N) is 2. The molecule has 1 aliphatic heterocycles. The molecule has 3 rings (SSSR count). The Morgan fingerprint density at radius 3 is 3.05 bits per heavy atom. The Bertz CT molecular complexity index is 517. The molecule has 1 spiro atoms. The molecule has 2 atom stereocenters. The summed E-state index contributed by atoms with van der Waals surface area (Å²) in [6.45, 7) is 2.20. The number of pyridine rings is 1. The lowest BCUT2D eigenvalue weighted by atomic mass is 9.75. The first kappa shape index (κ1) is 12.3. The van der Waals surface area contributed by atoms with E-state index in [0.717, 1.165) is 24.9 Å². The lowest BCUT2D eigenvalue weighted by molar-refractivity contribution is -0.122. The third-order valence-corrected chi connectivity index (χ3v) is 4.12. The van der Waals surface area contributed by atoms with E-state index < -0.39 is 5.54 Å². The number of methoxy groups -OCH3 is 1. The smallest absolute Gasteiger partial charge is 0.250 e. The van der Waals surface area contributed by atoms with E-state index in [0.29, 0.717) is 17.6 Å². The molecule has 2 heterocycles. The molecular formula is C14H19N3O2. The molecule has 19 heavy (non-hydrogen) atoms. The fourth-order valence-electron chi connectivity index (χ4n) is 3.15. The average Bonchev–Trinajstić information content (AvgIpc) is 2.39. The molecule has 102 valence electrons. The normalized spacial score (nSPS) is 29.4. The fourth-order valence-corrected chi connectivity index (χ4v) is 3.15. The van der Waals surface area contributed by atoms with Gasteiger partial charge in [0.2, 0.25) is 11.8 Å².